The second-order valence-corrected chi connectivity index (χ2v) is 5.60. The van der Waals surface area contributed by atoms with Crippen LogP contribution in [0.15, 0.2) is 54.9 Å². The van der Waals surface area contributed by atoms with Crippen LogP contribution in [0.5, 0.6) is 11.5 Å². The number of carbonyl (C=O) groups excluding carboxylic acids is 1. The standard InChI is InChI=1S/C16H12ClF2N5O3/c17-16(18,19)27-14-5-1-11(2-6-14)21-15(25)9-26-13-7-3-12(4-8-13)24-10-20-22-23-24/h1-8,10H,9H2,(H,21,25). The number of nitrogens with one attached hydrogen (secondary N) is 1. The fourth-order valence-electron chi connectivity index (χ4n) is 2.06. The van der Waals surface area contributed by atoms with Gasteiger partial charge in [0.2, 0.25) is 0 Å². The average molecular weight is 396 g/mol. The molecular formula is C16H12ClF2N5O3. The van der Waals surface area contributed by atoms with Crippen LogP contribution >= 0.6 is 11.6 Å². The number of tetrazole rings is 1. The predicted molar refractivity (Wildman–Crippen MR) is 91.1 cm³/mol. The highest BCUT2D eigenvalue weighted by atomic mass is 35.5. The van der Waals surface area contributed by atoms with E-state index in [-0.39, 0.29) is 12.4 Å². The summed E-state index contributed by atoms with van der Waals surface area (Å²) in [6.07, 6.45) is 1.45. The highest BCUT2D eigenvalue weighted by Gasteiger charge is 2.27. The van der Waals surface area contributed by atoms with Crippen LogP contribution in [-0.4, -0.2) is 38.3 Å². The molecule has 0 saturated heterocycles. The minimum Gasteiger partial charge on any atom is -0.484 e. The van der Waals surface area contributed by atoms with Gasteiger partial charge in [0.05, 0.1) is 5.69 Å². The molecule has 0 aliphatic heterocycles. The summed E-state index contributed by atoms with van der Waals surface area (Å²) in [5.41, 5.74) is -2.66. The van der Waals surface area contributed by atoms with Crippen molar-refractivity contribution < 1.29 is 23.0 Å². The third-order valence-corrected chi connectivity index (χ3v) is 3.27. The number of aromatic nitrogens is 4. The number of halogens is 3. The fourth-order valence-corrected chi connectivity index (χ4v) is 2.15. The molecule has 0 aliphatic carbocycles. The van der Waals surface area contributed by atoms with Crippen molar-refractivity contribution in [3.63, 3.8) is 0 Å². The molecule has 3 rings (SSSR count). The molecule has 0 saturated carbocycles. The van der Waals surface area contributed by atoms with Crippen molar-refractivity contribution in [3.8, 4) is 17.2 Å². The van der Waals surface area contributed by atoms with E-state index in [4.69, 9.17) is 4.74 Å². The molecule has 0 atom stereocenters. The van der Waals surface area contributed by atoms with Crippen molar-refractivity contribution in [2.75, 3.05) is 11.9 Å². The maximum atomic E-state index is 12.5. The second kappa shape index (κ2) is 7.96. The van der Waals surface area contributed by atoms with Gasteiger partial charge in [0.15, 0.2) is 6.61 Å². The number of hydrogen-bond donors (Lipinski definition) is 1. The Kier molecular flexibility index (Phi) is 5.46. The lowest BCUT2D eigenvalue weighted by atomic mass is 10.3. The smallest absolute Gasteiger partial charge is 0.484 e. The van der Waals surface area contributed by atoms with Crippen molar-refractivity contribution in [1.82, 2.24) is 20.2 Å². The molecule has 3 aromatic rings. The first-order chi connectivity index (χ1) is 12.9. The second-order valence-electron chi connectivity index (χ2n) is 5.16. The van der Waals surface area contributed by atoms with E-state index in [2.05, 4.69) is 37.2 Å². The largest absolute Gasteiger partial charge is 0.487 e. The maximum Gasteiger partial charge on any atom is 0.487 e. The van der Waals surface area contributed by atoms with Gasteiger partial charge in [-0.1, -0.05) is 0 Å². The van der Waals surface area contributed by atoms with Gasteiger partial charge >= 0.3 is 5.57 Å². The van der Waals surface area contributed by atoms with Gasteiger partial charge in [-0.2, -0.15) is 0 Å². The molecule has 2 aromatic carbocycles. The Morgan fingerprint density at radius 3 is 2.37 bits per heavy atom. The van der Waals surface area contributed by atoms with Gasteiger partial charge in [0.1, 0.15) is 17.8 Å². The molecule has 1 amide bonds. The minimum atomic E-state index is -3.79. The molecule has 0 spiro atoms. The maximum absolute atomic E-state index is 12.5. The highest BCUT2D eigenvalue weighted by Crippen LogP contribution is 2.25. The number of alkyl halides is 3. The molecule has 0 bridgehead atoms. The fraction of sp³-hybridized carbons (Fsp3) is 0.125. The van der Waals surface area contributed by atoms with Crippen LogP contribution in [0.1, 0.15) is 0 Å². The van der Waals surface area contributed by atoms with Crippen LogP contribution in [0.25, 0.3) is 5.69 Å². The third-order valence-electron chi connectivity index (χ3n) is 3.19. The quantitative estimate of drug-likeness (QED) is 0.618. The van der Waals surface area contributed by atoms with Gasteiger partial charge in [-0.05, 0) is 59.0 Å². The Morgan fingerprint density at radius 2 is 1.78 bits per heavy atom. The van der Waals surface area contributed by atoms with Crippen LogP contribution < -0.4 is 14.8 Å². The number of nitrogens with zero attached hydrogens (tertiary/aromatic N) is 4. The Bertz CT molecular complexity index is 884. The molecular weight excluding hydrogens is 384 g/mol. The molecule has 0 unspecified atom stereocenters. The lowest BCUT2D eigenvalue weighted by Crippen LogP contribution is -2.20. The summed E-state index contributed by atoms with van der Waals surface area (Å²) in [6, 6.07) is 12.1. The molecule has 11 heteroatoms. The van der Waals surface area contributed by atoms with Crippen molar-refractivity contribution in [2.45, 2.75) is 5.57 Å². The third kappa shape index (κ3) is 5.61. The first-order valence-corrected chi connectivity index (χ1v) is 7.89. The number of carbonyl (C=O) groups is 1. The predicted octanol–water partition coefficient (Wildman–Crippen LogP) is 2.85. The van der Waals surface area contributed by atoms with Crippen LogP contribution in [0, 0.1) is 0 Å². The van der Waals surface area contributed by atoms with E-state index in [9.17, 15) is 13.6 Å². The molecule has 0 aliphatic rings. The van der Waals surface area contributed by atoms with Crippen LogP contribution in [-0.2, 0) is 4.79 Å². The Morgan fingerprint density at radius 1 is 1.11 bits per heavy atom. The van der Waals surface area contributed by atoms with Gasteiger partial charge in [0, 0.05) is 17.3 Å². The monoisotopic (exact) mass is 395 g/mol. The van der Waals surface area contributed by atoms with Gasteiger partial charge in [0.25, 0.3) is 5.91 Å². The van der Waals surface area contributed by atoms with Crippen LogP contribution in [0.3, 0.4) is 0 Å². The molecule has 140 valence electrons. The summed E-state index contributed by atoms with van der Waals surface area (Å²) < 4.78 is 36.1. The average Bonchev–Trinajstić information content (AvgIpc) is 3.16. The van der Waals surface area contributed by atoms with E-state index in [1.807, 2.05) is 0 Å². The summed E-state index contributed by atoms with van der Waals surface area (Å²) in [4.78, 5) is 11.9. The highest BCUT2D eigenvalue weighted by molar-refractivity contribution is 6.20. The number of anilines is 1. The number of hydrogen-bond acceptors (Lipinski definition) is 6. The van der Waals surface area contributed by atoms with Crippen LogP contribution in [0.2, 0.25) is 0 Å². The summed E-state index contributed by atoms with van der Waals surface area (Å²) in [7, 11) is 0. The molecule has 27 heavy (non-hydrogen) atoms. The van der Waals surface area contributed by atoms with Gasteiger partial charge in [-0.3, -0.25) is 4.79 Å². The van der Waals surface area contributed by atoms with E-state index in [0.29, 0.717) is 11.4 Å². The number of rotatable bonds is 7. The van der Waals surface area contributed by atoms with E-state index >= 15 is 0 Å². The number of benzene rings is 2. The van der Waals surface area contributed by atoms with E-state index < -0.39 is 11.5 Å². The first-order valence-electron chi connectivity index (χ1n) is 7.51. The molecule has 0 radical (unpaired) electrons. The van der Waals surface area contributed by atoms with Gasteiger partial charge in [-0.15, -0.1) is 13.9 Å². The van der Waals surface area contributed by atoms with Crippen molar-refractivity contribution in [3.05, 3.63) is 54.9 Å². The van der Waals surface area contributed by atoms with E-state index in [0.717, 1.165) is 5.69 Å². The minimum absolute atomic E-state index is 0.132. The zero-order valence-corrected chi connectivity index (χ0v) is 14.3. The SMILES string of the molecule is O=C(COc1ccc(-n2cnnn2)cc1)Nc1ccc(OC(F)(F)Cl)cc1. The topological polar surface area (TPSA) is 91.2 Å². The normalized spacial score (nSPS) is 11.1. The Balaban J connectivity index is 1.49. The summed E-state index contributed by atoms with van der Waals surface area (Å²) in [5, 5.41) is 13.4. The Hall–Kier alpha value is -3.27. The van der Waals surface area contributed by atoms with Crippen molar-refractivity contribution >= 4 is 23.2 Å². The molecule has 1 N–H and O–H groups in total. The van der Waals surface area contributed by atoms with Crippen molar-refractivity contribution in [1.29, 1.82) is 0 Å². The number of ether oxygens (including phenoxy) is 2. The summed E-state index contributed by atoms with van der Waals surface area (Å²) in [6.45, 7) is -0.234. The zero-order valence-electron chi connectivity index (χ0n) is 13.6. The van der Waals surface area contributed by atoms with Crippen LogP contribution in [0.4, 0.5) is 14.5 Å². The summed E-state index contributed by atoms with van der Waals surface area (Å²) >= 11 is 4.68. The zero-order chi connectivity index (χ0) is 19.3. The molecule has 1 aromatic heterocycles. The van der Waals surface area contributed by atoms with E-state index in [1.165, 1.54) is 35.3 Å². The van der Waals surface area contributed by atoms with E-state index in [1.54, 1.807) is 24.3 Å². The number of amides is 1. The molecule has 0 fully saturated rings. The first kappa shape index (κ1) is 18.5. The lowest BCUT2D eigenvalue weighted by molar-refractivity contribution is -0.118. The molecule has 1 heterocycles. The van der Waals surface area contributed by atoms with Crippen molar-refractivity contribution in [2.24, 2.45) is 0 Å². The van der Waals surface area contributed by atoms with Gasteiger partial charge in [-0.25, -0.2) is 4.68 Å². The summed E-state index contributed by atoms with van der Waals surface area (Å²) in [5.74, 6) is -0.0714. The van der Waals surface area contributed by atoms with Gasteiger partial charge < -0.3 is 14.8 Å². The molecule has 8 nitrogen and oxygen atoms in total. The lowest BCUT2D eigenvalue weighted by Gasteiger charge is -2.11. The Labute approximate surface area is 156 Å².